The van der Waals surface area contributed by atoms with Gasteiger partial charge in [-0.3, -0.25) is 9.20 Å². The summed E-state index contributed by atoms with van der Waals surface area (Å²) in [7, 11) is 0. The van der Waals surface area contributed by atoms with E-state index in [-0.39, 0.29) is 6.42 Å². The zero-order chi connectivity index (χ0) is 18.0. The zero-order valence-corrected chi connectivity index (χ0v) is 13.8. The van der Waals surface area contributed by atoms with Crippen molar-refractivity contribution in [1.82, 2.24) is 9.38 Å². The highest BCUT2D eigenvalue weighted by Gasteiger charge is 2.27. The second-order valence-corrected chi connectivity index (χ2v) is 6.18. The lowest BCUT2D eigenvalue weighted by molar-refractivity contribution is -0.143. The first-order valence-corrected chi connectivity index (χ1v) is 8.00. The number of alkyl halides is 3. The monoisotopic (exact) mass is 366 g/mol. The number of hydrogen-bond acceptors (Lipinski definition) is 2. The summed E-state index contributed by atoms with van der Waals surface area (Å²) in [4.78, 5) is 16.1. The number of ketones is 1. The van der Waals surface area contributed by atoms with Gasteiger partial charge in [0.1, 0.15) is 11.4 Å². The third kappa shape index (κ3) is 4.39. The van der Waals surface area contributed by atoms with E-state index in [1.54, 1.807) is 42.7 Å². The topological polar surface area (TPSA) is 34.4 Å². The van der Waals surface area contributed by atoms with E-state index >= 15 is 0 Å². The fourth-order valence-electron chi connectivity index (χ4n) is 2.61. The van der Waals surface area contributed by atoms with Gasteiger partial charge in [0, 0.05) is 35.7 Å². The predicted octanol–water partition coefficient (Wildman–Crippen LogP) is 5.11. The van der Waals surface area contributed by atoms with Crippen LogP contribution in [-0.2, 0) is 11.2 Å². The molecule has 25 heavy (non-hydrogen) atoms. The standard InChI is InChI=1S/C18H14ClF3N2O/c19-14-5-7-24-16(11-23-17(24)10-14)13-3-1-2-12(8-13)9-15(25)4-6-18(20,21)22/h1-3,5,7-8,10-11H,4,6,9H2. The molecule has 3 rings (SSSR count). The molecule has 130 valence electrons. The smallest absolute Gasteiger partial charge is 0.300 e. The van der Waals surface area contributed by atoms with Crippen molar-refractivity contribution < 1.29 is 18.0 Å². The quantitative estimate of drug-likeness (QED) is 0.629. The summed E-state index contributed by atoms with van der Waals surface area (Å²) in [6, 6.07) is 10.6. The third-order valence-electron chi connectivity index (χ3n) is 3.79. The van der Waals surface area contributed by atoms with E-state index in [4.69, 9.17) is 11.6 Å². The maximum Gasteiger partial charge on any atom is 0.389 e. The first-order valence-electron chi connectivity index (χ1n) is 7.62. The number of hydrogen-bond donors (Lipinski definition) is 0. The Bertz CT molecular complexity index is 918. The first-order chi connectivity index (χ1) is 11.8. The molecule has 0 bridgehead atoms. The van der Waals surface area contributed by atoms with Crippen LogP contribution in [-0.4, -0.2) is 21.3 Å². The number of rotatable bonds is 5. The molecule has 1 aromatic carbocycles. The third-order valence-corrected chi connectivity index (χ3v) is 4.02. The number of carbonyl (C=O) groups is 1. The molecule has 0 aliphatic heterocycles. The van der Waals surface area contributed by atoms with Crippen LogP contribution in [0.2, 0.25) is 5.02 Å². The number of halogens is 4. The van der Waals surface area contributed by atoms with E-state index in [0.717, 1.165) is 11.3 Å². The number of Topliss-reactive ketones (excluding diaryl/α,β-unsaturated/α-hetero) is 1. The highest BCUT2D eigenvalue weighted by molar-refractivity contribution is 6.30. The van der Waals surface area contributed by atoms with Gasteiger partial charge in [-0.05, 0) is 17.7 Å². The van der Waals surface area contributed by atoms with Gasteiger partial charge < -0.3 is 0 Å². The van der Waals surface area contributed by atoms with Crippen molar-refractivity contribution in [2.75, 3.05) is 0 Å². The molecular weight excluding hydrogens is 353 g/mol. The number of fused-ring (bicyclic) bond motifs is 1. The van der Waals surface area contributed by atoms with Gasteiger partial charge in [-0.1, -0.05) is 29.8 Å². The maximum atomic E-state index is 12.2. The average molecular weight is 367 g/mol. The summed E-state index contributed by atoms with van der Waals surface area (Å²) in [5.41, 5.74) is 3.01. The fraction of sp³-hybridized carbons (Fsp3) is 0.222. The molecule has 0 saturated carbocycles. The van der Waals surface area contributed by atoms with E-state index in [0.29, 0.717) is 16.2 Å². The van der Waals surface area contributed by atoms with E-state index in [9.17, 15) is 18.0 Å². The molecule has 0 N–H and O–H groups in total. The van der Waals surface area contributed by atoms with Crippen molar-refractivity contribution in [3.63, 3.8) is 0 Å². The van der Waals surface area contributed by atoms with Crippen molar-refractivity contribution >= 4 is 23.0 Å². The first kappa shape index (κ1) is 17.5. The Kier molecular flexibility index (Phi) is 4.81. The lowest BCUT2D eigenvalue weighted by atomic mass is 10.0. The summed E-state index contributed by atoms with van der Waals surface area (Å²) in [6.07, 6.45) is -2.43. The van der Waals surface area contributed by atoms with E-state index in [1.165, 1.54) is 0 Å². The van der Waals surface area contributed by atoms with Crippen LogP contribution in [0.25, 0.3) is 16.9 Å². The molecule has 0 aliphatic carbocycles. The van der Waals surface area contributed by atoms with Gasteiger partial charge in [-0.2, -0.15) is 13.2 Å². The minimum Gasteiger partial charge on any atom is -0.300 e. The maximum absolute atomic E-state index is 12.2. The van der Waals surface area contributed by atoms with Gasteiger partial charge in [0.2, 0.25) is 0 Å². The summed E-state index contributed by atoms with van der Waals surface area (Å²) >= 11 is 5.95. The van der Waals surface area contributed by atoms with Gasteiger partial charge in [0.25, 0.3) is 0 Å². The molecule has 0 radical (unpaired) electrons. The van der Waals surface area contributed by atoms with Gasteiger partial charge in [0.05, 0.1) is 18.3 Å². The number of nitrogens with zero attached hydrogens (tertiary/aromatic N) is 2. The molecule has 0 fully saturated rings. The molecule has 2 aromatic heterocycles. The predicted molar refractivity (Wildman–Crippen MR) is 89.6 cm³/mol. The molecule has 2 heterocycles. The second kappa shape index (κ2) is 6.88. The Labute approximate surface area is 147 Å². The van der Waals surface area contributed by atoms with Crippen LogP contribution in [0.4, 0.5) is 13.2 Å². The summed E-state index contributed by atoms with van der Waals surface area (Å²) in [6.45, 7) is 0. The number of imidazole rings is 1. The van der Waals surface area contributed by atoms with Crippen molar-refractivity contribution in [2.24, 2.45) is 0 Å². The number of aromatic nitrogens is 2. The summed E-state index contributed by atoms with van der Waals surface area (Å²) in [5, 5.41) is 0.577. The summed E-state index contributed by atoms with van der Waals surface area (Å²) < 4.78 is 38.5. The van der Waals surface area contributed by atoms with Gasteiger partial charge in [0.15, 0.2) is 0 Å². The SMILES string of the molecule is O=C(CCC(F)(F)F)Cc1cccc(-c2cnc3cc(Cl)ccn23)c1. The molecule has 0 spiro atoms. The second-order valence-electron chi connectivity index (χ2n) is 5.75. The van der Waals surface area contributed by atoms with Crippen molar-refractivity contribution in [1.29, 1.82) is 0 Å². The van der Waals surface area contributed by atoms with E-state index < -0.39 is 24.8 Å². The molecule has 3 nitrogen and oxygen atoms in total. The highest BCUT2D eigenvalue weighted by atomic mass is 35.5. The normalized spacial score (nSPS) is 11.8. The molecular formula is C18H14ClF3N2O. The van der Waals surface area contributed by atoms with E-state index in [1.807, 2.05) is 10.5 Å². The van der Waals surface area contributed by atoms with Crippen LogP contribution < -0.4 is 0 Å². The Morgan fingerprint density at radius 2 is 2.00 bits per heavy atom. The van der Waals surface area contributed by atoms with Gasteiger partial charge in [-0.25, -0.2) is 4.98 Å². The van der Waals surface area contributed by atoms with Crippen molar-refractivity contribution in [2.45, 2.75) is 25.4 Å². The van der Waals surface area contributed by atoms with Crippen LogP contribution >= 0.6 is 11.6 Å². The molecule has 0 saturated heterocycles. The number of pyridine rings is 1. The lowest BCUT2D eigenvalue weighted by Gasteiger charge is -2.07. The molecule has 7 heteroatoms. The molecule has 0 amide bonds. The van der Waals surface area contributed by atoms with Gasteiger partial charge >= 0.3 is 6.18 Å². The van der Waals surface area contributed by atoms with Crippen molar-refractivity contribution in [3.05, 3.63) is 59.4 Å². The highest BCUT2D eigenvalue weighted by Crippen LogP contribution is 2.25. The number of benzene rings is 1. The van der Waals surface area contributed by atoms with Crippen LogP contribution in [0, 0.1) is 0 Å². The Morgan fingerprint density at radius 1 is 1.20 bits per heavy atom. The minimum absolute atomic E-state index is 0.0213. The largest absolute Gasteiger partial charge is 0.389 e. The average Bonchev–Trinajstić information content (AvgIpc) is 2.95. The fourth-order valence-corrected chi connectivity index (χ4v) is 2.76. The Hall–Kier alpha value is -2.34. The van der Waals surface area contributed by atoms with Crippen LogP contribution in [0.3, 0.4) is 0 Å². The van der Waals surface area contributed by atoms with Crippen molar-refractivity contribution in [3.8, 4) is 11.3 Å². The number of carbonyl (C=O) groups excluding carboxylic acids is 1. The van der Waals surface area contributed by atoms with Crippen LogP contribution in [0.5, 0.6) is 0 Å². The lowest BCUT2D eigenvalue weighted by Crippen LogP contribution is -2.12. The van der Waals surface area contributed by atoms with Crippen LogP contribution in [0.15, 0.2) is 48.8 Å². The molecule has 0 atom stereocenters. The Morgan fingerprint density at radius 3 is 2.76 bits per heavy atom. The molecule has 0 aliphatic rings. The van der Waals surface area contributed by atoms with E-state index in [2.05, 4.69) is 4.98 Å². The summed E-state index contributed by atoms with van der Waals surface area (Å²) in [5.74, 6) is -0.431. The zero-order valence-electron chi connectivity index (χ0n) is 13.1. The minimum atomic E-state index is -4.31. The Balaban J connectivity index is 1.80. The van der Waals surface area contributed by atoms with Crippen LogP contribution in [0.1, 0.15) is 18.4 Å². The molecule has 3 aromatic rings. The molecule has 0 unspecified atom stereocenters. The van der Waals surface area contributed by atoms with Gasteiger partial charge in [-0.15, -0.1) is 0 Å².